The zero-order valence-electron chi connectivity index (χ0n) is 19.2. The van der Waals surface area contributed by atoms with E-state index in [1.54, 1.807) is 34.2 Å². The molecule has 1 aromatic rings. The summed E-state index contributed by atoms with van der Waals surface area (Å²) in [6.45, 7) is 7.74. The van der Waals surface area contributed by atoms with Crippen LogP contribution >= 0.6 is 0 Å². The number of piperidine rings is 1. The Hall–Kier alpha value is -2.61. The molecule has 8 nitrogen and oxygen atoms in total. The van der Waals surface area contributed by atoms with Gasteiger partial charge in [0.1, 0.15) is 5.60 Å². The van der Waals surface area contributed by atoms with E-state index in [9.17, 15) is 14.4 Å². The Morgan fingerprint density at radius 2 is 1.50 bits per heavy atom. The van der Waals surface area contributed by atoms with E-state index in [-0.39, 0.29) is 36.0 Å². The van der Waals surface area contributed by atoms with Crippen LogP contribution in [0.4, 0.5) is 4.79 Å². The third kappa shape index (κ3) is 5.06. The molecule has 3 aliphatic rings. The molecule has 3 fully saturated rings. The van der Waals surface area contributed by atoms with E-state index >= 15 is 0 Å². The van der Waals surface area contributed by atoms with Crippen molar-refractivity contribution in [3.63, 3.8) is 0 Å². The minimum Gasteiger partial charge on any atom is -0.444 e. The summed E-state index contributed by atoms with van der Waals surface area (Å²) < 4.78 is 5.53. The van der Waals surface area contributed by atoms with Gasteiger partial charge in [0, 0.05) is 44.2 Å². The van der Waals surface area contributed by atoms with Crippen molar-refractivity contribution in [1.29, 1.82) is 0 Å². The zero-order valence-corrected chi connectivity index (χ0v) is 19.2. The maximum absolute atomic E-state index is 13.3. The lowest BCUT2D eigenvalue weighted by atomic mass is 9.95. The van der Waals surface area contributed by atoms with E-state index in [2.05, 4.69) is 0 Å². The first kappa shape index (κ1) is 22.6. The highest BCUT2D eigenvalue weighted by Crippen LogP contribution is 2.34. The molecule has 3 heterocycles. The topological polar surface area (TPSA) is 79.4 Å². The summed E-state index contributed by atoms with van der Waals surface area (Å²) in [5, 5.41) is 1.66. The second kappa shape index (κ2) is 9.10. The molecular weight excluding hydrogens is 410 g/mol. The van der Waals surface area contributed by atoms with Crippen molar-refractivity contribution in [2.75, 3.05) is 26.2 Å². The molecule has 0 saturated carbocycles. The smallest absolute Gasteiger partial charge is 0.410 e. The van der Waals surface area contributed by atoms with Crippen LogP contribution in [-0.2, 0) is 14.4 Å². The number of hydrogen-bond donors (Lipinski definition) is 0. The first-order valence-electron chi connectivity index (χ1n) is 11.5. The molecule has 2 unspecified atom stereocenters. The van der Waals surface area contributed by atoms with E-state index in [1.807, 2.05) is 31.7 Å². The molecule has 1 aromatic carbocycles. The molecule has 0 aliphatic carbocycles. The standard InChI is InChI=1S/C24H33N3O5/c1-24(2,3)31-23(30)25-15-19-9-10-20(16-25)27(19)21(28)17-11-13-26(14-12-17)32-22(29)18-7-5-4-6-8-18/h4-8,17,19-20H,9-16H2,1-3H3. The Bertz CT molecular complexity index is 831. The molecule has 174 valence electrons. The number of nitrogens with zero attached hydrogens (tertiary/aromatic N) is 3. The highest BCUT2D eigenvalue weighted by molar-refractivity contribution is 5.89. The molecule has 4 rings (SSSR count). The maximum atomic E-state index is 13.3. The van der Waals surface area contributed by atoms with Gasteiger partial charge >= 0.3 is 12.1 Å². The van der Waals surface area contributed by atoms with Crippen LogP contribution in [0.15, 0.2) is 30.3 Å². The number of amides is 2. The summed E-state index contributed by atoms with van der Waals surface area (Å²) in [7, 11) is 0. The van der Waals surface area contributed by atoms with Crippen LogP contribution in [0.1, 0.15) is 56.8 Å². The number of benzene rings is 1. The van der Waals surface area contributed by atoms with Gasteiger partial charge in [-0.25, -0.2) is 9.59 Å². The van der Waals surface area contributed by atoms with Crippen LogP contribution in [0.2, 0.25) is 0 Å². The SMILES string of the molecule is CC(C)(C)OC(=O)N1CC2CCC(C1)N2C(=O)C1CCN(OC(=O)c2ccccc2)CC1. The van der Waals surface area contributed by atoms with E-state index < -0.39 is 5.60 Å². The van der Waals surface area contributed by atoms with Crippen molar-refractivity contribution in [3.05, 3.63) is 35.9 Å². The van der Waals surface area contributed by atoms with Gasteiger partial charge in [-0.05, 0) is 58.6 Å². The lowest BCUT2D eigenvalue weighted by molar-refractivity contribution is -0.152. The van der Waals surface area contributed by atoms with Crippen LogP contribution in [0.25, 0.3) is 0 Å². The number of hydrogen-bond acceptors (Lipinski definition) is 6. The van der Waals surface area contributed by atoms with Crippen molar-refractivity contribution < 1.29 is 24.0 Å². The Morgan fingerprint density at radius 1 is 0.906 bits per heavy atom. The van der Waals surface area contributed by atoms with Gasteiger partial charge in [-0.1, -0.05) is 18.2 Å². The van der Waals surface area contributed by atoms with Crippen LogP contribution in [-0.4, -0.2) is 76.7 Å². The second-order valence-electron chi connectivity index (χ2n) is 9.96. The first-order chi connectivity index (χ1) is 15.2. The minimum atomic E-state index is -0.527. The first-order valence-corrected chi connectivity index (χ1v) is 11.5. The van der Waals surface area contributed by atoms with Gasteiger partial charge in [0.15, 0.2) is 0 Å². The normalized spacial score (nSPS) is 24.3. The van der Waals surface area contributed by atoms with Crippen molar-refractivity contribution >= 4 is 18.0 Å². The Labute approximate surface area is 189 Å². The van der Waals surface area contributed by atoms with Crippen molar-refractivity contribution in [3.8, 4) is 0 Å². The summed E-state index contributed by atoms with van der Waals surface area (Å²) in [5.41, 5.74) is -0.00812. The second-order valence-corrected chi connectivity index (χ2v) is 9.96. The van der Waals surface area contributed by atoms with Crippen LogP contribution < -0.4 is 0 Å². The fourth-order valence-electron chi connectivity index (χ4n) is 4.89. The fraction of sp³-hybridized carbons (Fsp3) is 0.625. The van der Waals surface area contributed by atoms with Crippen molar-refractivity contribution in [1.82, 2.24) is 14.9 Å². The number of carbonyl (C=O) groups is 3. The lowest BCUT2D eigenvalue weighted by Crippen LogP contribution is -2.59. The summed E-state index contributed by atoms with van der Waals surface area (Å²) in [6.07, 6.45) is 2.86. The molecule has 0 aromatic heterocycles. The number of carbonyl (C=O) groups excluding carboxylic acids is 3. The van der Waals surface area contributed by atoms with Crippen LogP contribution in [0, 0.1) is 5.92 Å². The number of hydroxylamine groups is 2. The number of rotatable bonds is 3. The summed E-state index contributed by atoms with van der Waals surface area (Å²) in [5.74, 6) is -0.264. The molecule has 32 heavy (non-hydrogen) atoms. The lowest BCUT2D eigenvalue weighted by Gasteiger charge is -2.43. The average molecular weight is 444 g/mol. The number of fused-ring (bicyclic) bond motifs is 2. The monoisotopic (exact) mass is 443 g/mol. The van der Waals surface area contributed by atoms with Crippen LogP contribution in [0.5, 0.6) is 0 Å². The van der Waals surface area contributed by atoms with Gasteiger partial charge in [0.25, 0.3) is 0 Å². The summed E-state index contributed by atoms with van der Waals surface area (Å²) >= 11 is 0. The van der Waals surface area contributed by atoms with Crippen LogP contribution in [0.3, 0.4) is 0 Å². The highest BCUT2D eigenvalue weighted by Gasteiger charge is 2.46. The van der Waals surface area contributed by atoms with Gasteiger partial charge in [-0.3, -0.25) is 4.79 Å². The molecule has 2 atom stereocenters. The number of piperazine rings is 1. The molecule has 8 heteroatoms. The van der Waals surface area contributed by atoms with E-state index in [1.165, 1.54) is 0 Å². The average Bonchev–Trinajstić information content (AvgIpc) is 3.02. The van der Waals surface area contributed by atoms with Crippen molar-refractivity contribution in [2.45, 2.75) is 64.1 Å². The van der Waals surface area contributed by atoms with E-state index in [0.717, 1.165) is 12.8 Å². The van der Waals surface area contributed by atoms with E-state index in [0.29, 0.717) is 44.6 Å². The zero-order chi connectivity index (χ0) is 22.9. The van der Waals surface area contributed by atoms with Crippen molar-refractivity contribution in [2.24, 2.45) is 5.92 Å². The van der Waals surface area contributed by atoms with Gasteiger partial charge in [0.2, 0.25) is 5.91 Å². The van der Waals surface area contributed by atoms with Gasteiger partial charge in [-0.2, -0.15) is 0 Å². The molecule has 3 aliphatic heterocycles. The van der Waals surface area contributed by atoms with Gasteiger partial charge < -0.3 is 19.4 Å². The van der Waals surface area contributed by atoms with Gasteiger partial charge in [-0.15, -0.1) is 5.06 Å². The predicted molar refractivity (Wildman–Crippen MR) is 118 cm³/mol. The third-order valence-corrected chi connectivity index (χ3v) is 6.41. The summed E-state index contributed by atoms with van der Waals surface area (Å²) in [6, 6.07) is 9.03. The minimum absolute atomic E-state index is 0.0581. The number of likely N-dealkylation sites (tertiary alicyclic amines) is 1. The molecule has 2 bridgehead atoms. The number of ether oxygens (including phenoxy) is 1. The molecule has 0 radical (unpaired) electrons. The quantitative estimate of drug-likeness (QED) is 0.714. The molecular formula is C24H33N3O5. The largest absolute Gasteiger partial charge is 0.444 e. The summed E-state index contributed by atoms with van der Waals surface area (Å²) in [4.78, 5) is 47.4. The molecule has 0 N–H and O–H groups in total. The Balaban J connectivity index is 1.29. The Morgan fingerprint density at radius 3 is 2.06 bits per heavy atom. The highest BCUT2D eigenvalue weighted by atomic mass is 16.7. The van der Waals surface area contributed by atoms with Gasteiger partial charge in [0.05, 0.1) is 5.56 Å². The maximum Gasteiger partial charge on any atom is 0.410 e. The van der Waals surface area contributed by atoms with E-state index in [4.69, 9.17) is 9.57 Å². The fourth-order valence-corrected chi connectivity index (χ4v) is 4.89. The molecule has 0 spiro atoms. The molecule has 3 saturated heterocycles. The Kier molecular flexibility index (Phi) is 6.42. The predicted octanol–water partition coefficient (Wildman–Crippen LogP) is 3.08. The third-order valence-electron chi connectivity index (χ3n) is 6.41. The molecule has 2 amide bonds.